The van der Waals surface area contributed by atoms with Crippen molar-refractivity contribution in [3.63, 3.8) is 0 Å². The van der Waals surface area contributed by atoms with Gasteiger partial charge in [-0.25, -0.2) is 8.42 Å². The zero-order valence-corrected chi connectivity index (χ0v) is 10.6. The van der Waals surface area contributed by atoms with Crippen molar-refractivity contribution in [2.24, 2.45) is 7.05 Å². The van der Waals surface area contributed by atoms with Gasteiger partial charge in [0.1, 0.15) is 0 Å². The molecule has 16 heavy (non-hydrogen) atoms. The number of hydrogen-bond acceptors (Lipinski definition) is 4. The molecule has 0 aliphatic carbocycles. The second kappa shape index (κ2) is 5.31. The molecule has 0 bridgehead atoms. The van der Waals surface area contributed by atoms with E-state index in [2.05, 4.69) is 15.1 Å². The quantitative estimate of drug-likeness (QED) is 0.749. The van der Waals surface area contributed by atoms with E-state index in [4.69, 9.17) is 0 Å². The molecular formula is C9H18N4O2S. The molecule has 0 aromatic carbocycles. The molecule has 0 fully saturated rings. The molecule has 0 radical (unpaired) electrons. The topological polar surface area (TPSA) is 76.0 Å². The summed E-state index contributed by atoms with van der Waals surface area (Å²) in [4.78, 5) is 0. The zero-order valence-electron chi connectivity index (χ0n) is 9.77. The Balaban J connectivity index is 2.64. The van der Waals surface area contributed by atoms with E-state index in [1.807, 2.05) is 6.92 Å². The second-order valence-electron chi connectivity index (χ2n) is 3.67. The molecule has 1 heterocycles. The first-order valence-electron chi connectivity index (χ1n) is 5.16. The first kappa shape index (κ1) is 13.0. The summed E-state index contributed by atoms with van der Waals surface area (Å²) in [5, 5.41) is 6.42. The standard InChI is InChI=1S/C9H18N4O2S/c1-4-10-5-8(2)16(14,15)12-9-6-11-13(3)7-9/h6-8,10,12H,4-5H2,1-3H3. The number of nitrogens with one attached hydrogen (secondary N) is 2. The summed E-state index contributed by atoms with van der Waals surface area (Å²) in [6.07, 6.45) is 3.11. The van der Waals surface area contributed by atoms with E-state index in [1.54, 1.807) is 24.9 Å². The molecule has 0 aliphatic rings. The van der Waals surface area contributed by atoms with E-state index in [0.29, 0.717) is 12.2 Å². The Morgan fingerprint density at radius 1 is 1.56 bits per heavy atom. The fraction of sp³-hybridized carbons (Fsp3) is 0.667. The van der Waals surface area contributed by atoms with Crippen LogP contribution in [0.25, 0.3) is 0 Å². The lowest BCUT2D eigenvalue weighted by atomic mass is 10.5. The average molecular weight is 246 g/mol. The SMILES string of the molecule is CCNCC(C)S(=O)(=O)Nc1cnn(C)c1. The molecule has 0 saturated carbocycles. The molecule has 0 amide bonds. The van der Waals surface area contributed by atoms with E-state index in [1.165, 1.54) is 6.20 Å². The monoisotopic (exact) mass is 246 g/mol. The summed E-state index contributed by atoms with van der Waals surface area (Å²) in [5.41, 5.74) is 0.492. The van der Waals surface area contributed by atoms with Gasteiger partial charge >= 0.3 is 0 Å². The Morgan fingerprint density at radius 2 is 2.25 bits per heavy atom. The third kappa shape index (κ3) is 3.49. The predicted octanol–water partition coefficient (Wildman–Crippen LogP) is 0.160. The number of nitrogens with zero attached hydrogens (tertiary/aromatic N) is 2. The van der Waals surface area contributed by atoms with Crippen molar-refractivity contribution in [2.75, 3.05) is 17.8 Å². The first-order chi connectivity index (χ1) is 7.45. The molecule has 2 N–H and O–H groups in total. The minimum Gasteiger partial charge on any atom is -0.316 e. The number of anilines is 1. The maximum atomic E-state index is 11.8. The van der Waals surface area contributed by atoms with Gasteiger partial charge in [-0.3, -0.25) is 9.40 Å². The van der Waals surface area contributed by atoms with E-state index < -0.39 is 15.3 Å². The van der Waals surface area contributed by atoms with Crippen molar-refractivity contribution in [1.82, 2.24) is 15.1 Å². The molecule has 1 atom stereocenters. The highest BCUT2D eigenvalue weighted by atomic mass is 32.2. The van der Waals surface area contributed by atoms with Crippen LogP contribution in [0.5, 0.6) is 0 Å². The lowest BCUT2D eigenvalue weighted by molar-refractivity contribution is 0.579. The van der Waals surface area contributed by atoms with Crippen LogP contribution in [-0.4, -0.2) is 36.5 Å². The van der Waals surface area contributed by atoms with Crippen molar-refractivity contribution in [2.45, 2.75) is 19.1 Å². The Kier molecular flexibility index (Phi) is 4.31. The largest absolute Gasteiger partial charge is 0.316 e. The van der Waals surface area contributed by atoms with Crippen molar-refractivity contribution in [3.05, 3.63) is 12.4 Å². The molecule has 1 unspecified atom stereocenters. The minimum absolute atomic E-state index is 0.437. The molecular weight excluding hydrogens is 228 g/mol. The fourth-order valence-electron chi connectivity index (χ4n) is 1.20. The van der Waals surface area contributed by atoms with Crippen LogP contribution in [-0.2, 0) is 17.1 Å². The number of aryl methyl sites for hydroxylation is 1. The van der Waals surface area contributed by atoms with Gasteiger partial charge in [0, 0.05) is 19.8 Å². The van der Waals surface area contributed by atoms with Crippen molar-refractivity contribution >= 4 is 15.7 Å². The Labute approximate surface area is 96.1 Å². The maximum absolute atomic E-state index is 11.8. The van der Waals surface area contributed by atoms with E-state index >= 15 is 0 Å². The lowest BCUT2D eigenvalue weighted by Gasteiger charge is -2.13. The summed E-state index contributed by atoms with van der Waals surface area (Å²) in [7, 11) is -1.60. The fourth-order valence-corrected chi connectivity index (χ4v) is 2.17. The molecule has 0 spiro atoms. The Morgan fingerprint density at radius 3 is 2.75 bits per heavy atom. The molecule has 1 aromatic rings. The third-order valence-corrected chi connectivity index (χ3v) is 3.92. The van der Waals surface area contributed by atoms with Crippen LogP contribution in [0.1, 0.15) is 13.8 Å². The summed E-state index contributed by atoms with van der Waals surface area (Å²) >= 11 is 0. The highest BCUT2D eigenvalue weighted by molar-refractivity contribution is 7.93. The van der Waals surface area contributed by atoms with Crippen LogP contribution < -0.4 is 10.0 Å². The van der Waals surface area contributed by atoms with Gasteiger partial charge in [0.15, 0.2) is 0 Å². The molecule has 92 valence electrons. The van der Waals surface area contributed by atoms with Gasteiger partial charge in [0.05, 0.1) is 17.1 Å². The van der Waals surface area contributed by atoms with Crippen LogP contribution in [0.2, 0.25) is 0 Å². The number of sulfonamides is 1. The third-order valence-electron chi connectivity index (χ3n) is 2.18. The Hall–Kier alpha value is -1.08. The van der Waals surface area contributed by atoms with Crippen LogP contribution in [0, 0.1) is 0 Å². The summed E-state index contributed by atoms with van der Waals surface area (Å²) in [6.45, 7) is 4.80. The van der Waals surface area contributed by atoms with Crippen molar-refractivity contribution < 1.29 is 8.42 Å². The molecule has 0 aliphatic heterocycles. The van der Waals surface area contributed by atoms with E-state index in [9.17, 15) is 8.42 Å². The molecule has 7 heteroatoms. The van der Waals surface area contributed by atoms with Gasteiger partial charge in [0.25, 0.3) is 0 Å². The van der Waals surface area contributed by atoms with Crippen LogP contribution in [0.3, 0.4) is 0 Å². The normalized spacial score (nSPS) is 13.7. The maximum Gasteiger partial charge on any atom is 0.236 e. The summed E-state index contributed by atoms with van der Waals surface area (Å²) < 4.78 is 27.7. The van der Waals surface area contributed by atoms with Crippen molar-refractivity contribution in [3.8, 4) is 0 Å². The summed E-state index contributed by atoms with van der Waals surface area (Å²) in [5.74, 6) is 0. The number of aromatic nitrogens is 2. The minimum atomic E-state index is -3.34. The van der Waals surface area contributed by atoms with E-state index in [-0.39, 0.29) is 0 Å². The molecule has 6 nitrogen and oxygen atoms in total. The molecule has 1 rings (SSSR count). The lowest BCUT2D eigenvalue weighted by Crippen LogP contribution is -2.34. The van der Waals surface area contributed by atoms with Gasteiger partial charge in [-0.05, 0) is 13.5 Å². The van der Waals surface area contributed by atoms with Gasteiger partial charge in [-0.15, -0.1) is 0 Å². The van der Waals surface area contributed by atoms with Crippen LogP contribution in [0.4, 0.5) is 5.69 Å². The van der Waals surface area contributed by atoms with Gasteiger partial charge < -0.3 is 5.32 Å². The van der Waals surface area contributed by atoms with Crippen LogP contribution in [0.15, 0.2) is 12.4 Å². The first-order valence-corrected chi connectivity index (χ1v) is 6.71. The highest BCUT2D eigenvalue weighted by Gasteiger charge is 2.20. The number of rotatable bonds is 6. The van der Waals surface area contributed by atoms with E-state index in [0.717, 1.165) is 6.54 Å². The van der Waals surface area contributed by atoms with Gasteiger partial charge in [-0.2, -0.15) is 5.10 Å². The zero-order chi connectivity index (χ0) is 12.2. The Bertz CT molecular complexity index is 426. The molecule has 1 aromatic heterocycles. The predicted molar refractivity (Wildman–Crippen MR) is 63.8 cm³/mol. The van der Waals surface area contributed by atoms with Crippen molar-refractivity contribution in [1.29, 1.82) is 0 Å². The highest BCUT2D eigenvalue weighted by Crippen LogP contribution is 2.09. The smallest absolute Gasteiger partial charge is 0.236 e. The number of hydrogen-bond donors (Lipinski definition) is 2. The molecule has 0 saturated heterocycles. The second-order valence-corrected chi connectivity index (χ2v) is 5.77. The average Bonchev–Trinajstić information content (AvgIpc) is 2.59. The van der Waals surface area contributed by atoms with Gasteiger partial charge in [0.2, 0.25) is 10.0 Å². The summed E-state index contributed by atoms with van der Waals surface area (Å²) in [6, 6.07) is 0. The van der Waals surface area contributed by atoms with Gasteiger partial charge in [-0.1, -0.05) is 6.92 Å². The van der Waals surface area contributed by atoms with Crippen LogP contribution >= 0.6 is 0 Å².